The molecule has 0 spiro atoms. The van der Waals surface area contributed by atoms with Gasteiger partial charge in [0.05, 0.1) is 7.11 Å². The molecule has 1 aromatic rings. The van der Waals surface area contributed by atoms with Gasteiger partial charge >= 0.3 is 5.97 Å². The summed E-state index contributed by atoms with van der Waals surface area (Å²) < 4.78 is 5.01. The Morgan fingerprint density at radius 3 is 2.50 bits per heavy atom. The third kappa shape index (κ3) is 3.13. The van der Waals surface area contributed by atoms with Crippen LogP contribution in [0.1, 0.15) is 6.92 Å². The zero-order valence-electron chi connectivity index (χ0n) is 9.36. The van der Waals surface area contributed by atoms with Crippen LogP contribution in [0.25, 0.3) is 0 Å². The van der Waals surface area contributed by atoms with Gasteiger partial charge in [-0.15, -0.1) is 0 Å². The smallest absolute Gasteiger partial charge is 0.325 e. The molecule has 0 saturated heterocycles. The molecule has 88 valence electrons. The molecule has 16 heavy (non-hydrogen) atoms. The molecule has 1 atom stereocenters. The van der Waals surface area contributed by atoms with Crippen molar-refractivity contribution < 1.29 is 14.6 Å². The summed E-state index contributed by atoms with van der Waals surface area (Å²) in [4.78, 5) is 10.8. The second kappa shape index (κ2) is 4.85. The van der Waals surface area contributed by atoms with E-state index in [0.717, 1.165) is 11.4 Å². The maximum absolute atomic E-state index is 10.8. The van der Waals surface area contributed by atoms with Crippen LogP contribution < -0.4 is 15.8 Å². The van der Waals surface area contributed by atoms with E-state index in [1.54, 1.807) is 31.4 Å². The van der Waals surface area contributed by atoms with Crippen LogP contribution in [0.4, 0.5) is 5.69 Å². The van der Waals surface area contributed by atoms with Crippen LogP contribution in [0.2, 0.25) is 0 Å². The highest BCUT2D eigenvalue weighted by molar-refractivity contribution is 5.78. The van der Waals surface area contributed by atoms with Gasteiger partial charge in [-0.25, -0.2) is 0 Å². The molecule has 1 aromatic carbocycles. The molecule has 0 aliphatic heterocycles. The van der Waals surface area contributed by atoms with E-state index in [4.69, 9.17) is 15.6 Å². The second-order valence-electron chi connectivity index (χ2n) is 3.80. The van der Waals surface area contributed by atoms with Gasteiger partial charge in [0.1, 0.15) is 11.3 Å². The molecule has 0 aromatic heterocycles. The summed E-state index contributed by atoms with van der Waals surface area (Å²) in [5.74, 6) is -0.284. The number of carbonyl (C=O) groups is 1. The fourth-order valence-electron chi connectivity index (χ4n) is 1.07. The number of carboxylic acid groups (broad SMARTS) is 1. The third-order valence-electron chi connectivity index (χ3n) is 2.24. The van der Waals surface area contributed by atoms with E-state index in [0.29, 0.717) is 0 Å². The molecule has 5 nitrogen and oxygen atoms in total. The van der Waals surface area contributed by atoms with Crippen molar-refractivity contribution in [3.8, 4) is 5.75 Å². The molecular formula is C11H16N2O3. The summed E-state index contributed by atoms with van der Waals surface area (Å²) >= 11 is 0. The molecule has 0 amide bonds. The minimum atomic E-state index is -1.28. The van der Waals surface area contributed by atoms with E-state index in [1.165, 1.54) is 6.92 Å². The van der Waals surface area contributed by atoms with E-state index in [-0.39, 0.29) is 6.54 Å². The van der Waals surface area contributed by atoms with Crippen LogP contribution in [0.15, 0.2) is 24.3 Å². The van der Waals surface area contributed by atoms with Gasteiger partial charge in [0.15, 0.2) is 0 Å². The van der Waals surface area contributed by atoms with E-state index in [2.05, 4.69) is 5.32 Å². The number of hydrogen-bond donors (Lipinski definition) is 3. The first-order valence-corrected chi connectivity index (χ1v) is 4.86. The highest BCUT2D eigenvalue weighted by atomic mass is 16.5. The predicted molar refractivity (Wildman–Crippen MR) is 61.7 cm³/mol. The number of hydrogen-bond acceptors (Lipinski definition) is 4. The van der Waals surface area contributed by atoms with Crippen molar-refractivity contribution in [3.63, 3.8) is 0 Å². The van der Waals surface area contributed by atoms with Crippen LogP contribution in [0.3, 0.4) is 0 Å². The standard InChI is InChI=1S/C11H16N2O3/c1-11(12,10(14)15)7-13-8-3-5-9(16-2)6-4-8/h3-6,13H,7,12H2,1-2H3,(H,14,15). The van der Waals surface area contributed by atoms with Gasteiger partial charge in [-0.1, -0.05) is 0 Å². The van der Waals surface area contributed by atoms with Crippen molar-refractivity contribution in [1.29, 1.82) is 0 Å². The number of anilines is 1. The van der Waals surface area contributed by atoms with E-state index >= 15 is 0 Å². The molecule has 0 fully saturated rings. The fraction of sp³-hybridized carbons (Fsp3) is 0.364. The Hall–Kier alpha value is -1.75. The number of nitrogens with two attached hydrogens (primary N) is 1. The number of benzene rings is 1. The Labute approximate surface area is 94.2 Å². The maximum Gasteiger partial charge on any atom is 0.325 e. The van der Waals surface area contributed by atoms with Crippen LogP contribution in [-0.2, 0) is 4.79 Å². The lowest BCUT2D eigenvalue weighted by molar-refractivity contribution is -0.142. The van der Waals surface area contributed by atoms with Gasteiger partial charge in [0, 0.05) is 12.2 Å². The van der Waals surface area contributed by atoms with Crippen LogP contribution in [0.5, 0.6) is 5.75 Å². The number of methoxy groups -OCH3 is 1. The van der Waals surface area contributed by atoms with E-state index in [9.17, 15) is 4.79 Å². The van der Waals surface area contributed by atoms with Crippen LogP contribution >= 0.6 is 0 Å². The Balaban J connectivity index is 2.58. The Kier molecular flexibility index (Phi) is 3.73. The van der Waals surface area contributed by atoms with E-state index < -0.39 is 11.5 Å². The summed E-state index contributed by atoms with van der Waals surface area (Å²) in [6.07, 6.45) is 0. The molecule has 0 aliphatic carbocycles. The quantitative estimate of drug-likeness (QED) is 0.692. The molecule has 0 aliphatic rings. The average molecular weight is 224 g/mol. The number of carboxylic acids is 1. The van der Waals surface area contributed by atoms with Gasteiger partial charge in [-0.05, 0) is 31.2 Å². The molecule has 5 heteroatoms. The minimum Gasteiger partial charge on any atom is -0.497 e. The molecule has 1 rings (SSSR count). The van der Waals surface area contributed by atoms with Gasteiger partial charge in [0.25, 0.3) is 0 Å². The van der Waals surface area contributed by atoms with Gasteiger partial charge < -0.3 is 20.9 Å². The number of aliphatic carboxylic acids is 1. The topological polar surface area (TPSA) is 84.6 Å². The summed E-state index contributed by atoms with van der Waals surface area (Å²) in [7, 11) is 1.59. The van der Waals surface area contributed by atoms with Crippen molar-refractivity contribution in [1.82, 2.24) is 0 Å². The molecule has 4 N–H and O–H groups in total. The van der Waals surface area contributed by atoms with E-state index in [1.807, 2.05) is 0 Å². The van der Waals surface area contributed by atoms with Crippen LogP contribution in [-0.4, -0.2) is 30.3 Å². The second-order valence-corrected chi connectivity index (χ2v) is 3.80. The zero-order chi connectivity index (χ0) is 12.2. The van der Waals surface area contributed by atoms with Crippen molar-refractivity contribution in [2.75, 3.05) is 19.0 Å². The summed E-state index contributed by atoms with van der Waals surface area (Å²) in [6, 6.07) is 7.18. The van der Waals surface area contributed by atoms with Crippen molar-refractivity contribution >= 4 is 11.7 Å². The first kappa shape index (κ1) is 12.3. The van der Waals surface area contributed by atoms with Crippen molar-refractivity contribution in [2.45, 2.75) is 12.5 Å². The maximum atomic E-state index is 10.8. The largest absolute Gasteiger partial charge is 0.497 e. The third-order valence-corrected chi connectivity index (χ3v) is 2.24. The molecular weight excluding hydrogens is 208 g/mol. The SMILES string of the molecule is COc1ccc(NCC(C)(N)C(=O)O)cc1. The lowest BCUT2D eigenvalue weighted by Gasteiger charge is -2.20. The fourth-order valence-corrected chi connectivity index (χ4v) is 1.07. The Morgan fingerprint density at radius 1 is 1.50 bits per heavy atom. The molecule has 0 heterocycles. The first-order valence-electron chi connectivity index (χ1n) is 4.86. The van der Waals surface area contributed by atoms with Gasteiger partial charge in [-0.2, -0.15) is 0 Å². The summed E-state index contributed by atoms with van der Waals surface area (Å²) in [5.41, 5.74) is 5.10. The molecule has 0 bridgehead atoms. The average Bonchev–Trinajstić information content (AvgIpc) is 2.27. The lowest BCUT2D eigenvalue weighted by Crippen LogP contribution is -2.50. The minimum absolute atomic E-state index is 0.161. The molecule has 0 saturated carbocycles. The van der Waals surface area contributed by atoms with Gasteiger partial charge in [0.2, 0.25) is 0 Å². The summed E-state index contributed by atoms with van der Waals surface area (Å²) in [6.45, 7) is 1.63. The Morgan fingerprint density at radius 2 is 2.06 bits per heavy atom. The normalized spacial score (nSPS) is 13.9. The molecule has 1 unspecified atom stereocenters. The monoisotopic (exact) mass is 224 g/mol. The molecule has 0 radical (unpaired) electrons. The number of nitrogens with one attached hydrogen (secondary N) is 1. The van der Waals surface area contributed by atoms with Crippen molar-refractivity contribution in [3.05, 3.63) is 24.3 Å². The Bertz CT molecular complexity index is 360. The zero-order valence-corrected chi connectivity index (χ0v) is 9.36. The number of ether oxygens (including phenoxy) is 1. The van der Waals surface area contributed by atoms with Gasteiger partial charge in [-0.3, -0.25) is 4.79 Å². The van der Waals surface area contributed by atoms with Crippen LogP contribution in [0, 0.1) is 0 Å². The van der Waals surface area contributed by atoms with Crippen molar-refractivity contribution in [2.24, 2.45) is 5.73 Å². The highest BCUT2D eigenvalue weighted by Gasteiger charge is 2.27. The lowest BCUT2D eigenvalue weighted by atomic mass is 10.1. The highest BCUT2D eigenvalue weighted by Crippen LogP contribution is 2.15. The summed E-state index contributed by atoms with van der Waals surface area (Å²) in [5, 5.41) is 11.8. The number of rotatable bonds is 5. The first-order chi connectivity index (χ1) is 7.45. The predicted octanol–water partition coefficient (Wildman–Crippen LogP) is 0.909.